The average molecular weight is 286 g/mol. The molecule has 20 heavy (non-hydrogen) atoms. The second kappa shape index (κ2) is 5.37. The highest BCUT2D eigenvalue weighted by Crippen LogP contribution is 2.37. The van der Waals surface area contributed by atoms with Crippen LogP contribution in [0.15, 0.2) is 18.2 Å². The van der Waals surface area contributed by atoms with Gasteiger partial charge in [-0.05, 0) is 25.0 Å². The first kappa shape index (κ1) is 13.3. The van der Waals surface area contributed by atoms with Crippen molar-refractivity contribution in [1.82, 2.24) is 9.97 Å². The fourth-order valence-corrected chi connectivity index (χ4v) is 2.83. The molecular formula is C16H18N2OS. The van der Waals surface area contributed by atoms with Gasteiger partial charge in [0.25, 0.3) is 0 Å². The van der Waals surface area contributed by atoms with E-state index in [4.69, 9.17) is 17.0 Å². The molecule has 1 aromatic heterocycles. The van der Waals surface area contributed by atoms with Crippen LogP contribution in [0.3, 0.4) is 0 Å². The van der Waals surface area contributed by atoms with Gasteiger partial charge in [0.15, 0.2) is 0 Å². The van der Waals surface area contributed by atoms with Gasteiger partial charge < -0.3 is 9.72 Å². The zero-order valence-electron chi connectivity index (χ0n) is 11.8. The minimum Gasteiger partial charge on any atom is -0.492 e. The van der Waals surface area contributed by atoms with Crippen LogP contribution < -0.4 is 4.74 Å². The number of fused-ring (bicyclic) bond motifs is 1. The van der Waals surface area contributed by atoms with Gasteiger partial charge in [0, 0.05) is 24.0 Å². The normalized spacial score (nSPS) is 13.1. The first-order valence-corrected chi connectivity index (χ1v) is 7.46. The third-order valence-corrected chi connectivity index (χ3v) is 4.07. The lowest BCUT2D eigenvalue weighted by Crippen LogP contribution is -2.01. The summed E-state index contributed by atoms with van der Waals surface area (Å²) in [6, 6.07) is 6.30. The van der Waals surface area contributed by atoms with Gasteiger partial charge >= 0.3 is 0 Å². The van der Waals surface area contributed by atoms with E-state index in [-0.39, 0.29) is 0 Å². The van der Waals surface area contributed by atoms with Crippen LogP contribution in [0, 0.1) is 11.6 Å². The van der Waals surface area contributed by atoms with Crippen LogP contribution in [0.25, 0.3) is 11.3 Å². The molecule has 1 aromatic carbocycles. The van der Waals surface area contributed by atoms with Crippen LogP contribution in [0.5, 0.6) is 5.75 Å². The second-order valence-corrected chi connectivity index (χ2v) is 5.52. The Morgan fingerprint density at radius 1 is 1.40 bits per heavy atom. The molecule has 0 bridgehead atoms. The lowest BCUT2D eigenvalue weighted by atomic mass is 10.0. The van der Waals surface area contributed by atoms with Crippen LogP contribution in [-0.4, -0.2) is 16.6 Å². The van der Waals surface area contributed by atoms with Gasteiger partial charge in [-0.1, -0.05) is 31.3 Å². The van der Waals surface area contributed by atoms with Crippen molar-refractivity contribution in [3.8, 4) is 17.0 Å². The number of nitrogens with one attached hydrogen (secondary N) is 1. The van der Waals surface area contributed by atoms with E-state index in [0.29, 0.717) is 4.64 Å². The van der Waals surface area contributed by atoms with E-state index in [1.807, 2.05) is 6.92 Å². The zero-order valence-corrected chi connectivity index (χ0v) is 12.6. The summed E-state index contributed by atoms with van der Waals surface area (Å²) in [5.74, 6) is 1.95. The molecule has 0 saturated heterocycles. The van der Waals surface area contributed by atoms with Crippen molar-refractivity contribution in [2.45, 2.75) is 33.1 Å². The Labute approximate surface area is 124 Å². The summed E-state index contributed by atoms with van der Waals surface area (Å²) in [6.07, 6.45) is 2.94. The molecule has 1 aliphatic heterocycles. The highest BCUT2D eigenvalue weighted by molar-refractivity contribution is 7.71. The number of H-pyrrole nitrogens is 1. The summed E-state index contributed by atoms with van der Waals surface area (Å²) < 4.78 is 6.48. The summed E-state index contributed by atoms with van der Waals surface area (Å²) in [6.45, 7) is 4.92. The van der Waals surface area contributed by atoms with Crippen LogP contribution in [0.2, 0.25) is 0 Å². The number of hydrogen-bond acceptors (Lipinski definition) is 3. The van der Waals surface area contributed by atoms with Crippen molar-refractivity contribution in [2.75, 3.05) is 6.61 Å². The maximum Gasteiger partial charge on any atom is 0.133 e. The van der Waals surface area contributed by atoms with Gasteiger partial charge in [-0.15, -0.1) is 0 Å². The number of nitrogens with zero attached hydrogens (tertiary/aromatic N) is 1. The topological polar surface area (TPSA) is 37.9 Å². The van der Waals surface area contributed by atoms with Crippen molar-refractivity contribution in [3.63, 3.8) is 0 Å². The predicted octanol–water partition coefficient (Wildman–Crippen LogP) is 4.00. The van der Waals surface area contributed by atoms with Gasteiger partial charge in [0.05, 0.1) is 12.3 Å². The first-order chi connectivity index (χ1) is 9.70. The number of rotatable bonds is 3. The number of aryl methyl sites for hydroxylation is 1. The smallest absolute Gasteiger partial charge is 0.133 e. The van der Waals surface area contributed by atoms with Crippen molar-refractivity contribution in [3.05, 3.63) is 39.8 Å². The van der Waals surface area contributed by atoms with E-state index in [1.54, 1.807) is 0 Å². The van der Waals surface area contributed by atoms with Gasteiger partial charge in [-0.3, -0.25) is 0 Å². The summed E-state index contributed by atoms with van der Waals surface area (Å²) in [7, 11) is 0. The second-order valence-electron chi connectivity index (χ2n) is 5.13. The van der Waals surface area contributed by atoms with Crippen LogP contribution in [0.4, 0.5) is 0 Å². The third kappa shape index (κ3) is 2.24. The Hall–Kier alpha value is -1.68. The van der Waals surface area contributed by atoms with E-state index >= 15 is 0 Å². The Balaban J connectivity index is 2.19. The maximum absolute atomic E-state index is 5.80. The number of benzene rings is 1. The largest absolute Gasteiger partial charge is 0.492 e. The predicted molar refractivity (Wildman–Crippen MR) is 82.8 cm³/mol. The summed E-state index contributed by atoms with van der Waals surface area (Å²) in [5.41, 5.74) is 4.44. The number of para-hydroxylation sites is 1. The standard InChI is InChI=1S/C16H18N2OS/c1-3-5-13-17-14(10(2)16(20)18-13)12-7-4-6-11-8-9-19-15(11)12/h4,6-7H,3,5,8-9H2,1-2H3,(H,17,18,20). The van der Waals surface area contributed by atoms with Crippen LogP contribution in [-0.2, 0) is 12.8 Å². The lowest BCUT2D eigenvalue weighted by molar-refractivity contribution is 0.358. The maximum atomic E-state index is 5.80. The molecule has 1 aliphatic rings. The third-order valence-electron chi connectivity index (χ3n) is 3.67. The lowest BCUT2D eigenvalue weighted by Gasteiger charge is -2.12. The van der Waals surface area contributed by atoms with Crippen molar-refractivity contribution in [1.29, 1.82) is 0 Å². The Kier molecular flexibility index (Phi) is 3.57. The Morgan fingerprint density at radius 2 is 2.25 bits per heavy atom. The molecule has 0 spiro atoms. The van der Waals surface area contributed by atoms with Crippen molar-refractivity contribution >= 4 is 12.2 Å². The summed E-state index contributed by atoms with van der Waals surface area (Å²) >= 11 is 5.40. The Bertz CT molecular complexity index is 706. The highest BCUT2D eigenvalue weighted by atomic mass is 32.1. The first-order valence-electron chi connectivity index (χ1n) is 7.05. The molecule has 0 unspecified atom stereocenters. The van der Waals surface area contributed by atoms with E-state index in [0.717, 1.165) is 54.3 Å². The molecule has 1 N–H and O–H groups in total. The van der Waals surface area contributed by atoms with Gasteiger partial charge in [-0.25, -0.2) is 4.98 Å². The molecule has 0 saturated carbocycles. The number of hydrogen-bond donors (Lipinski definition) is 1. The molecular weight excluding hydrogens is 268 g/mol. The van der Waals surface area contributed by atoms with Gasteiger partial charge in [-0.2, -0.15) is 0 Å². The van der Waals surface area contributed by atoms with Crippen LogP contribution >= 0.6 is 12.2 Å². The van der Waals surface area contributed by atoms with Crippen molar-refractivity contribution < 1.29 is 4.74 Å². The SMILES string of the molecule is CCCc1nc(=S)c(C)c(-c2cccc3c2OCC3)[nH]1. The summed E-state index contributed by atoms with van der Waals surface area (Å²) in [4.78, 5) is 7.90. The van der Waals surface area contributed by atoms with Crippen LogP contribution in [0.1, 0.15) is 30.3 Å². The average Bonchev–Trinajstić information content (AvgIpc) is 2.91. The molecule has 4 heteroatoms. The molecule has 0 radical (unpaired) electrons. The monoisotopic (exact) mass is 286 g/mol. The summed E-state index contributed by atoms with van der Waals surface area (Å²) in [5, 5.41) is 0. The van der Waals surface area contributed by atoms with E-state index in [1.165, 1.54) is 5.56 Å². The molecule has 2 aromatic rings. The number of aromatic amines is 1. The molecule has 0 atom stereocenters. The fraction of sp³-hybridized carbons (Fsp3) is 0.375. The Morgan fingerprint density at radius 3 is 3.05 bits per heavy atom. The minimum absolute atomic E-state index is 0.679. The van der Waals surface area contributed by atoms with Crippen molar-refractivity contribution in [2.24, 2.45) is 0 Å². The number of aromatic nitrogens is 2. The van der Waals surface area contributed by atoms with E-state index < -0.39 is 0 Å². The molecule has 3 nitrogen and oxygen atoms in total. The molecule has 0 aliphatic carbocycles. The molecule has 0 amide bonds. The molecule has 2 heterocycles. The minimum atomic E-state index is 0.679. The quantitative estimate of drug-likeness (QED) is 0.867. The zero-order chi connectivity index (χ0) is 14.1. The fourth-order valence-electron chi connectivity index (χ4n) is 2.62. The van der Waals surface area contributed by atoms with E-state index in [2.05, 4.69) is 35.1 Å². The van der Waals surface area contributed by atoms with Gasteiger partial charge in [0.2, 0.25) is 0 Å². The highest BCUT2D eigenvalue weighted by Gasteiger charge is 2.19. The van der Waals surface area contributed by atoms with Gasteiger partial charge in [0.1, 0.15) is 16.2 Å². The molecule has 104 valence electrons. The number of ether oxygens (including phenoxy) is 1. The molecule has 0 fully saturated rings. The van der Waals surface area contributed by atoms with E-state index in [9.17, 15) is 0 Å². The molecule has 3 rings (SSSR count).